The fourth-order valence-corrected chi connectivity index (χ4v) is 4.96. The first-order valence-corrected chi connectivity index (χ1v) is 11.6. The molecule has 0 bridgehead atoms. The zero-order chi connectivity index (χ0) is 20.5. The highest BCUT2D eigenvalue weighted by Crippen LogP contribution is 2.34. The van der Waals surface area contributed by atoms with Crippen LogP contribution in [0.3, 0.4) is 0 Å². The molecule has 2 N–H and O–H groups in total. The number of anilines is 1. The van der Waals surface area contributed by atoms with Gasteiger partial charge in [-0.25, -0.2) is 4.98 Å². The van der Waals surface area contributed by atoms with Crippen molar-refractivity contribution in [3.05, 3.63) is 41.5 Å². The molecule has 0 spiro atoms. The van der Waals surface area contributed by atoms with Crippen LogP contribution in [0.15, 0.2) is 36.5 Å². The normalized spacial score (nSPS) is 19.2. The molecule has 1 saturated carbocycles. The minimum atomic E-state index is 0.212. The standard InChI is InChI=1S/C23H27N5OS/c1-15-24-13-22(30-15)17-5-6-19(21(29)11-17)20-7-8-23(27-26-20)28-10-9-16(14-28)12-25-18-3-2-4-18/h5-8,11,13,16,18,25,29H,2-4,9-10,12,14H2,1H3/t16-/m1/s1. The van der Waals surface area contributed by atoms with Crippen molar-refractivity contribution in [3.63, 3.8) is 0 Å². The van der Waals surface area contributed by atoms with Crippen molar-refractivity contribution >= 4 is 17.2 Å². The summed E-state index contributed by atoms with van der Waals surface area (Å²) in [5.74, 6) is 1.81. The van der Waals surface area contributed by atoms with E-state index in [-0.39, 0.29) is 5.75 Å². The number of rotatable bonds is 6. The van der Waals surface area contributed by atoms with Gasteiger partial charge in [-0.2, -0.15) is 0 Å². The van der Waals surface area contributed by atoms with Crippen molar-refractivity contribution in [2.24, 2.45) is 5.92 Å². The van der Waals surface area contributed by atoms with E-state index in [1.807, 2.05) is 37.4 Å². The minimum absolute atomic E-state index is 0.212. The second-order valence-corrected chi connectivity index (χ2v) is 9.62. The Kier molecular flexibility index (Phi) is 5.39. The summed E-state index contributed by atoms with van der Waals surface area (Å²) >= 11 is 1.62. The first kappa shape index (κ1) is 19.5. The fourth-order valence-electron chi connectivity index (χ4n) is 4.19. The average Bonchev–Trinajstić information content (AvgIpc) is 3.36. The number of hydrogen-bond donors (Lipinski definition) is 2. The maximum absolute atomic E-state index is 10.6. The molecule has 3 aromatic rings. The Morgan fingerprint density at radius 1 is 1.17 bits per heavy atom. The number of aromatic hydroxyl groups is 1. The molecule has 0 unspecified atom stereocenters. The van der Waals surface area contributed by atoms with Crippen LogP contribution in [0.2, 0.25) is 0 Å². The van der Waals surface area contributed by atoms with Crippen LogP contribution in [0, 0.1) is 12.8 Å². The van der Waals surface area contributed by atoms with E-state index in [4.69, 9.17) is 0 Å². The van der Waals surface area contributed by atoms with E-state index >= 15 is 0 Å². The van der Waals surface area contributed by atoms with Gasteiger partial charge in [-0.3, -0.25) is 0 Å². The van der Waals surface area contributed by atoms with Gasteiger partial charge in [0.2, 0.25) is 0 Å². The van der Waals surface area contributed by atoms with Crippen LogP contribution in [0.4, 0.5) is 5.82 Å². The monoisotopic (exact) mass is 421 g/mol. The summed E-state index contributed by atoms with van der Waals surface area (Å²) in [6.07, 6.45) is 7.08. The van der Waals surface area contributed by atoms with Crippen LogP contribution in [0.25, 0.3) is 21.7 Å². The second kappa shape index (κ2) is 8.32. The molecule has 0 radical (unpaired) electrons. The number of phenolic OH excluding ortho intramolecular Hbond substituents is 1. The lowest BCUT2D eigenvalue weighted by atomic mass is 9.92. The molecule has 5 rings (SSSR count). The quantitative estimate of drug-likeness (QED) is 0.620. The van der Waals surface area contributed by atoms with Gasteiger partial charge >= 0.3 is 0 Å². The summed E-state index contributed by atoms with van der Waals surface area (Å²) in [5, 5.41) is 24.1. The molecule has 2 fully saturated rings. The van der Waals surface area contributed by atoms with Gasteiger partial charge in [0.25, 0.3) is 0 Å². The Morgan fingerprint density at radius 2 is 2.07 bits per heavy atom. The van der Waals surface area contributed by atoms with Crippen molar-refractivity contribution < 1.29 is 5.11 Å². The molecule has 7 heteroatoms. The van der Waals surface area contributed by atoms with Crippen molar-refractivity contribution in [2.75, 3.05) is 24.5 Å². The summed E-state index contributed by atoms with van der Waals surface area (Å²) in [6.45, 7) is 5.14. The number of nitrogens with one attached hydrogen (secondary N) is 1. The first-order valence-electron chi connectivity index (χ1n) is 10.7. The number of aromatic nitrogens is 3. The lowest BCUT2D eigenvalue weighted by Gasteiger charge is -2.28. The van der Waals surface area contributed by atoms with Crippen molar-refractivity contribution in [3.8, 4) is 27.4 Å². The molecule has 30 heavy (non-hydrogen) atoms. The summed E-state index contributed by atoms with van der Waals surface area (Å²) in [7, 11) is 0. The molecule has 1 atom stereocenters. The Bertz CT molecular complexity index is 1010. The zero-order valence-corrected chi connectivity index (χ0v) is 18.0. The molecule has 2 aromatic heterocycles. The minimum Gasteiger partial charge on any atom is -0.507 e. The number of thiazole rings is 1. The molecule has 1 aromatic carbocycles. The molecule has 1 saturated heterocycles. The summed E-state index contributed by atoms with van der Waals surface area (Å²) < 4.78 is 0. The van der Waals surface area contributed by atoms with Gasteiger partial charge in [0, 0.05) is 30.9 Å². The summed E-state index contributed by atoms with van der Waals surface area (Å²) in [4.78, 5) is 7.66. The van der Waals surface area contributed by atoms with E-state index in [0.717, 1.165) is 46.9 Å². The SMILES string of the molecule is Cc1ncc(-c2ccc(-c3ccc(N4CC[C@H](CNC5CCC5)C4)nn3)c(O)c2)s1. The Morgan fingerprint density at radius 3 is 2.73 bits per heavy atom. The molecule has 1 aliphatic carbocycles. The van der Waals surface area contributed by atoms with Crippen molar-refractivity contribution in [2.45, 2.75) is 38.6 Å². The van der Waals surface area contributed by atoms with E-state index in [1.54, 1.807) is 17.4 Å². The number of phenols is 1. The van der Waals surface area contributed by atoms with Crippen LogP contribution in [0.5, 0.6) is 5.75 Å². The van der Waals surface area contributed by atoms with Crippen LogP contribution < -0.4 is 10.2 Å². The predicted octanol–water partition coefficient (Wildman–Crippen LogP) is 4.25. The Balaban J connectivity index is 1.25. The third-order valence-corrected chi connectivity index (χ3v) is 7.20. The van der Waals surface area contributed by atoms with Gasteiger partial charge in [0.05, 0.1) is 15.6 Å². The second-order valence-electron chi connectivity index (χ2n) is 8.39. The highest BCUT2D eigenvalue weighted by molar-refractivity contribution is 7.15. The topological polar surface area (TPSA) is 74.2 Å². The largest absolute Gasteiger partial charge is 0.507 e. The molecule has 156 valence electrons. The first-order chi connectivity index (χ1) is 14.7. The lowest BCUT2D eigenvalue weighted by Crippen LogP contribution is -2.38. The van der Waals surface area contributed by atoms with E-state index in [0.29, 0.717) is 17.2 Å². The van der Waals surface area contributed by atoms with Gasteiger partial charge in [0.15, 0.2) is 5.82 Å². The maximum Gasteiger partial charge on any atom is 0.151 e. The van der Waals surface area contributed by atoms with Gasteiger partial charge in [-0.1, -0.05) is 12.5 Å². The zero-order valence-electron chi connectivity index (χ0n) is 17.2. The average molecular weight is 422 g/mol. The summed E-state index contributed by atoms with van der Waals surface area (Å²) in [5.41, 5.74) is 2.35. The van der Waals surface area contributed by atoms with Crippen molar-refractivity contribution in [1.82, 2.24) is 20.5 Å². The van der Waals surface area contributed by atoms with Crippen LogP contribution in [-0.4, -0.2) is 46.0 Å². The molecular weight excluding hydrogens is 394 g/mol. The summed E-state index contributed by atoms with van der Waals surface area (Å²) in [6, 6.07) is 10.4. The van der Waals surface area contributed by atoms with Gasteiger partial charge < -0.3 is 15.3 Å². The highest BCUT2D eigenvalue weighted by Gasteiger charge is 2.25. The molecule has 3 heterocycles. The molecular formula is C23H27N5OS. The van der Waals surface area contributed by atoms with Crippen LogP contribution in [0.1, 0.15) is 30.7 Å². The third kappa shape index (κ3) is 4.04. The number of hydrogen-bond acceptors (Lipinski definition) is 7. The lowest BCUT2D eigenvalue weighted by molar-refractivity contribution is 0.321. The van der Waals surface area contributed by atoms with E-state index in [2.05, 4.69) is 25.4 Å². The fraction of sp³-hybridized carbons (Fsp3) is 0.435. The molecule has 2 aliphatic rings. The molecule has 1 aliphatic heterocycles. The molecule has 6 nitrogen and oxygen atoms in total. The number of aryl methyl sites for hydroxylation is 1. The smallest absolute Gasteiger partial charge is 0.151 e. The number of benzene rings is 1. The Hall–Kier alpha value is -2.51. The maximum atomic E-state index is 10.6. The Labute approximate surface area is 181 Å². The van der Waals surface area contributed by atoms with E-state index in [9.17, 15) is 5.11 Å². The van der Waals surface area contributed by atoms with Crippen LogP contribution >= 0.6 is 11.3 Å². The van der Waals surface area contributed by atoms with Gasteiger partial charge in [0.1, 0.15) is 5.75 Å². The van der Waals surface area contributed by atoms with Crippen LogP contribution in [-0.2, 0) is 0 Å². The van der Waals surface area contributed by atoms with E-state index < -0.39 is 0 Å². The predicted molar refractivity (Wildman–Crippen MR) is 121 cm³/mol. The van der Waals surface area contributed by atoms with E-state index in [1.165, 1.54) is 25.7 Å². The van der Waals surface area contributed by atoms with Crippen molar-refractivity contribution in [1.29, 1.82) is 0 Å². The number of nitrogens with zero attached hydrogens (tertiary/aromatic N) is 4. The highest BCUT2D eigenvalue weighted by atomic mass is 32.1. The third-order valence-electron chi connectivity index (χ3n) is 6.24. The van der Waals surface area contributed by atoms with Gasteiger partial charge in [-0.05, 0) is 68.5 Å². The van der Waals surface area contributed by atoms with Gasteiger partial charge in [-0.15, -0.1) is 21.5 Å². The molecule has 0 amide bonds.